The number of benzene rings is 1. The van der Waals surface area contributed by atoms with Gasteiger partial charge >= 0.3 is 0 Å². The minimum absolute atomic E-state index is 0.251. The van der Waals surface area contributed by atoms with Crippen molar-refractivity contribution in [2.24, 2.45) is 11.8 Å². The molecule has 0 radical (unpaired) electrons. The Morgan fingerprint density at radius 2 is 1.93 bits per heavy atom. The SMILES string of the molecule is CC1CP(c2ccccc2)C(C=O)[C@H]1C. The van der Waals surface area contributed by atoms with Gasteiger partial charge in [-0.15, -0.1) is 0 Å². The van der Waals surface area contributed by atoms with Gasteiger partial charge in [0, 0.05) is 5.66 Å². The predicted octanol–water partition coefficient (Wildman–Crippen LogP) is 2.65. The lowest BCUT2D eigenvalue weighted by molar-refractivity contribution is -0.108. The second kappa shape index (κ2) is 4.45. The summed E-state index contributed by atoms with van der Waals surface area (Å²) in [6.07, 6.45) is 2.40. The van der Waals surface area contributed by atoms with Gasteiger partial charge in [-0.05, 0) is 23.3 Å². The van der Waals surface area contributed by atoms with Crippen LogP contribution < -0.4 is 5.30 Å². The standard InChI is InChI=1S/C13H17OP/c1-10-9-15(13(8-14)11(10)2)12-6-4-3-5-7-12/h3-8,10-11,13H,9H2,1-2H3/t10?,11-,13?,15?/m0/s1. The minimum Gasteiger partial charge on any atom is -0.303 e. The molecule has 0 aliphatic carbocycles. The van der Waals surface area contributed by atoms with Crippen molar-refractivity contribution in [1.29, 1.82) is 0 Å². The molecular formula is C13H17OP. The number of rotatable bonds is 2. The van der Waals surface area contributed by atoms with Crippen LogP contribution >= 0.6 is 7.92 Å². The lowest BCUT2D eigenvalue weighted by Gasteiger charge is -2.17. The maximum absolute atomic E-state index is 11.2. The van der Waals surface area contributed by atoms with Gasteiger partial charge in [-0.25, -0.2) is 0 Å². The van der Waals surface area contributed by atoms with Gasteiger partial charge in [-0.3, -0.25) is 0 Å². The van der Waals surface area contributed by atoms with Crippen molar-refractivity contribution in [2.75, 3.05) is 6.16 Å². The molecule has 1 aromatic rings. The van der Waals surface area contributed by atoms with E-state index in [0.717, 1.165) is 0 Å². The monoisotopic (exact) mass is 220 g/mol. The maximum atomic E-state index is 11.2. The Hall–Kier alpha value is -0.680. The third-order valence-electron chi connectivity index (χ3n) is 3.51. The molecule has 0 bridgehead atoms. The number of aldehydes is 1. The summed E-state index contributed by atoms with van der Waals surface area (Å²) in [5, 5.41) is 1.39. The summed E-state index contributed by atoms with van der Waals surface area (Å²) in [5.41, 5.74) is 0.275. The highest BCUT2D eigenvalue weighted by atomic mass is 31.1. The third-order valence-corrected chi connectivity index (χ3v) is 6.75. The average Bonchev–Trinajstić information content (AvgIpc) is 2.56. The van der Waals surface area contributed by atoms with E-state index < -0.39 is 0 Å². The molecule has 3 unspecified atom stereocenters. The Morgan fingerprint density at radius 3 is 2.53 bits per heavy atom. The Balaban J connectivity index is 2.27. The maximum Gasteiger partial charge on any atom is 0.127 e. The molecule has 1 aliphatic heterocycles. The number of hydrogen-bond donors (Lipinski definition) is 0. The highest BCUT2D eigenvalue weighted by Gasteiger charge is 2.38. The van der Waals surface area contributed by atoms with Gasteiger partial charge in [0.25, 0.3) is 0 Å². The van der Waals surface area contributed by atoms with Crippen LogP contribution in [0.4, 0.5) is 0 Å². The first kappa shape index (κ1) is 10.8. The first-order valence-electron chi connectivity index (χ1n) is 5.51. The van der Waals surface area contributed by atoms with E-state index in [1.807, 2.05) is 6.07 Å². The molecule has 4 atom stereocenters. The lowest BCUT2D eigenvalue weighted by atomic mass is 9.96. The normalized spacial score (nSPS) is 35.3. The number of carbonyl (C=O) groups is 1. The van der Waals surface area contributed by atoms with E-state index in [1.165, 1.54) is 17.8 Å². The molecule has 1 heterocycles. The van der Waals surface area contributed by atoms with Crippen molar-refractivity contribution >= 4 is 19.5 Å². The summed E-state index contributed by atoms with van der Waals surface area (Å²) >= 11 is 0. The molecule has 2 heteroatoms. The highest BCUT2D eigenvalue weighted by molar-refractivity contribution is 7.67. The van der Waals surface area contributed by atoms with E-state index >= 15 is 0 Å². The summed E-state index contributed by atoms with van der Waals surface area (Å²) < 4.78 is 0. The van der Waals surface area contributed by atoms with Gasteiger partial charge in [0.2, 0.25) is 0 Å². The third kappa shape index (κ3) is 1.99. The summed E-state index contributed by atoms with van der Waals surface area (Å²) in [6.45, 7) is 4.49. The molecule has 0 N–H and O–H groups in total. The second-order valence-corrected chi connectivity index (χ2v) is 6.87. The van der Waals surface area contributed by atoms with E-state index in [-0.39, 0.29) is 13.6 Å². The molecule has 0 amide bonds. The van der Waals surface area contributed by atoms with Gasteiger partial charge in [-0.2, -0.15) is 0 Å². The van der Waals surface area contributed by atoms with Crippen molar-refractivity contribution in [1.82, 2.24) is 0 Å². The smallest absolute Gasteiger partial charge is 0.127 e. The molecular weight excluding hydrogens is 203 g/mol. The minimum atomic E-state index is -0.251. The van der Waals surface area contributed by atoms with Crippen molar-refractivity contribution < 1.29 is 4.79 Å². The first-order valence-corrected chi connectivity index (χ1v) is 7.10. The van der Waals surface area contributed by atoms with Crippen LogP contribution in [0, 0.1) is 11.8 Å². The van der Waals surface area contributed by atoms with Crippen molar-refractivity contribution in [3.05, 3.63) is 30.3 Å². The lowest BCUT2D eigenvalue weighted by Crippen LogP contribution is -2.17. The summed E-state index contributed by atoms with van der Waals surface area (Å²) in [5.74, 6) is 1.24. The van der Waals surface area contributed by atoms with Gasteiger partial charge in [-0.1, -0.05) is 52.1 Å². The van der Waals surface area contributed by atoms with E-state index in [1.54, 1.807) is 0 Å². The average molecular weight is 220 g/mol. The summed E-state index contributed by atoms with van der Waals surface area (Å²) in [4.78, 5) is 11.2. The zero-order valence-electron chi connectivity index (χ0n) is 9.26. The Labute approximate surface area is 92.6 Å². The van der Waals surface area contributed by atoms with Crippen LogP contribution in [0.5, 0.6) is 0 Å². The van der Waals surface area contributed by atoms with Gasteiger partial charge < -0.3 is 4.79 Å². The zero-order chi connectivity index (χ0) is 10.8. The summed E-state index contributed by atoms with van der Waals surface area (Å²) in [7, 11) is -0.251. The van der Waals surface area contributed by atoms with Crippen LogP contribution in [0.3, 0.4) is 0 Å². The fourth-order valence-electron chi connectivity index (χ4n) is 2.31. The van der Waals surface area contributed by atoms with Gasteiger partial charge in [0.15, 0.2) is 0 Å². The molecule has 1 saturated heterocycles. The molecule has 0 aromatic heterocycles. The topological polar surface area (TPSA) is 17.1 Å². The summed E-state index contributed by atoms with van der Waals surface area (Å²) in [6, 6.07) is 10.5. The van der Waals surface area contributed by atoms with Crippen LogP contribution in [-0.4, -0.2) is 18.1 Å². The second-order valence-electron chi connectivity index (χ2n) is 4.45. The van der Waals surface area contributed by atoms with Crippen LogP contribution in [0.2, 0.25) is 0 Å². The Bertz CT molecular complexity index is 336. The van der Waals surface area contributed by atoms with Crippen molar-refractivity contribution in [3.63, 3.8) is 0 Å². The molecule has 1 aromatic carbocycles. The molecule has 2 rings (SSSR count). The van der Waals surface area contributed by atoms with E-state index in [4.69, 9.17) is 0 Å². The largest absolute Gasteiger partial charge is 0.303 e. The molecule has 1 fully saturated rings. The Kier molecular flexibility index (Phi) is 3.21. The van der Waals surface area contributed by atoms with Crippen LogP contribution in [-0.2, 0) is 4.79 Å². The van der Waals surface area contributed by atoms with Crippen LogP contribution in [0.25, 0.3) is 0 Å². The molecule has 15 heavy (non-hydrogen) atoms. The van der Waals surface area contributed by atoms with E-state index in [9.17, 15) is 4.79 Å². The molecule has 0 saturated carbocycles. The molecule has 80 valence electrons. The van der Waals surface area contributed by atoms with Crippen molar-refractivity contribution in [3.8, 4) is 0 Å². The van der Waals surface area contributed by atoms with Crippen LogP contribution in [0.1, 0.15) is 13.8 Å². The van der Waals surface area contributed by atoms with E-state index in [2.05, 4.69) is 38.1 Å². The molecule has 0 spiro atoms. The fourth-order valence-corrected chi connectivity index (χ4v) is 5.63. The predicted molar refractivity (Wildman–Crippen MR) is 66.0 cm³/mol. The first-order chi connectivity index (χ1) is 7.24. The fraction of sp³-hybridized carbons (Fsp3) is 0.462. The van der Waals surface area contributed by atoms with Gasteiger partial charge in [0.1, 0.15) is 6.29 Å². The van der Waals surface area contributed by atoms with Gasteiger partial charge in [0.05, 0.1) is 0 Å². The highest BCUT2D eigenvalue weighted by Crippen LogP contribution is 2.53. The molecule has 1 aliphatic rings. The number of carbonyl (C=O) groups excluding carboxylic acids is 1. The molecule has 1 nitrogen and oxygen atoms in total. The van der Waals surface area contributed by atoms with E-state index in [0.29, 0.717) is 11.8 Å². The van der Waals surface area contributed by atoms with Crippen LogP contribution in [0.15, 0.2) is 30.3 Å². The van der Waals surface area contributed by atoms with Crippen molar-refractivity contribution in [2.45, 2.75) is 19.5 Å². The number of hydrogen-bond acceptors (Lipinski definition) is 1. The zero-order valence-corrected chi connectivity index (χ0v) is 10.2. The quantitative estimate of drug-likeness (QED) is 0.553. The Morgan fingerprint density at radius 1 is 1.27 bits per heavy atom.